The molecule has 200 valence electrons. The topological polar surface area (TPSA) is 49.0 Å². The summed E-state index contributed by atoms with van der Waals surface area (Å²) in [6, 6.07) is 31.0. The highest BCUT2D eigenvalue weighted by atomic mass is 16.7. The highest BCUT2D eigenvalue weighted by molar-refractivity contribution is 5.82. The van der Waals surface area contributed by atoms with Crippen molar-refractivity contribution in [1.82, 2.24) is 5.32 Å². The molecule has 3 aliphatic heterocycles. The Hall–Kier alpha value is -3.38. The second-order valence-corrected chi connectivity index (χ2v) is 11.0. The van der Waals surface area contributed by atoms with E-state index >= 15 is 0 Å². The van der Waals surface area contributed by atoms with Gasteiger partial charge in [0.25, 0.3) is 0 Å². The molecule has 0 aromatic heterocycles. The Kier molecular flexibility index (Phi) is 6.96. The van der Waals surface area contributed by atoms with Crippen LogP contribution < -0.4 is 14.8 Å². The van der Waals surface area contributed by atoms with Gasteiger partial charge in [0.2, 0.25) is 6.79 Å². The van der Waals surface area contributed by atoms with E-state index in [9.17, 15) is 0 Å². The van der Waals surface area contributed by atoms with Crippen LogP contribution in [0.25, 0.3) is 10.8 Å². The first-order valence-electron chi connectivity index (χ1n) is 14.2. The normalized spacial score (nSPS) is 23.1. The average Bonchev–Trinajstić information content (AvgIpc) is 3.72. The molecule has 2 saturated heterocycles. The second-order valence-electron chi connectivity index (χ2n) is 11.0. The van der Waals surface area contributed by atoms with Gasteiger partial charge in [-0.15, -0.1) is 0 Å². The Morgan fingerprint density at radius 2 is 1.26 bits per heavy atom. The third-order valence-corrected chi connectivity index (χ3v) is 8.42. The monoisotopic (exact) mass is 521 g/mol. The molecule has 5 heteroatoms. The fourth-order valence-electron chi connectivity index (χ4n) is 6.31. The van der Waals surface area contributed by atoms with Gasteiger partial charge in [-0.3, -0.25) is 0 Å². The van der Waals surface area contributed by atoms with Gasteiger partial charge in [-0.05, 0) is 83.3 Å². The molecule has 4 aromatic rings. The van der Waals surface area contributed by atoms with Crippen molar-refractivity contribution in [1.29, 1.82) is 0 Å². The minimum Gasteiger partial charge on any atom is -0.454 e. The summed E-state index contributed by atoms with van der Waals surface area (Å²) < 4.78 is 23.9. The first-order valence-corrected chi connectivity index (χ1v) is 14.2. The van der Waals surface area contributed by atoms with Crippen LogP contribution in [0.5, 0.6) is 11.5 Å². The van der Waals surface area contributed by atoms with E-state index in [1.54, 1.807) is 0 Å². The van der Waals surface area contributed by atoms with E-state index in [1.807, 2.05) is 6.07 Å². The summed E-state index contributed by atoms with van der Waals surface area (Å²) in [4.78, 5) is 0. The van der Waals surface area contributed by atoms with Crippen LogP contribution in [0, 0.1) is 0 Å². The van der Waals surface area contributed by atoms with Crippen LogP contribution in [0.15, 0.2) is 84.9 Å². The minimum atomic E-state index is 0.0885. The Morgan fingerprint density at radius 3 is 2.08 bits per heavy atom. The summed E-state index contributed by atoms with van der Waals surface area (Å²) in [5.41, 5.74) is 5.08. The first-order chi connectivity index (χ1) is 19.3. The Bertz CT molecular complexity index is 1440. The summed E-state index contributed by atoms with van der Waals surface area (Å²) in [7, 11) is 0. The summed E-state index contributed by atoms with van der Waals surface area (Å²) in [5, 5.41) is 6.25. The molecule has 3 aliphatic rings. The molecule has 4 aromatic carbocycles. The molecule has 4 atom stereocenters. The molecule has 0 saturated carbocycles. The van der Waals surface area contributed by atoms with Crippen LogP contribution >= 0.6 is 0 Å². The lowest BCUT2D eigenvalue weighted by Crippen LogP contribution is -2.40. The predicted molar refractivity (Wildman–Crippen MR) is 152 cm³/mol. The minimum absolute atomic E-state index is 0.0885. The van der Waals surface area contributed by atoms with Crippen molar-refractivity contribution in [3.8, 4) is 11.5 Å². The van der Waals surface area contributed by atoms with Gasteiger partial charge in [-0.2, -0.15) is 0 Å². The van der Waals surface area contributed by atoms with Crippen molar-refractivity contribution in [2.75, 3.05) is 6.79 Å². The van der Waals surface area contributed by atoms with Crippen molar-refractivity contribution in [2.45, 2.75) is 69.6 Å². The molecule has 0 aliphatic carbocycles. The average molecular weight is 522 g/mol. The zero-order valence-electron chi connectivity index (χ0n) is 22.2. The molecule has 2 bridgehead atoms. The van der Waals surface area contributed by atoms with Gasteiger partial charge in [-0.1, -0.05) is 66.7 Å². The van der Waals surface area contributed by atoms with Crippen molar-refractivity contribution in [2.24, 2.45) is 0 Å². The largest absolute Gasteiger partial charge is 0.454 e. The molecule has 0 unspecified atom stereocenters. The van der Waals surface area contributed by atoms with E-state index in [0.29, 0.717) is 32.1 Å². The summed E-state index contributed by atoms with van der Waals surface area (Å²) in [6.07, 6.45) is 5.68. The van der Waals surface area contributed by atoms with Crippen molar-refractivity contribution >= 4 is 10.8 Å². The van der Waals surface area contributed by atoms with Crippen molar-refractivity contribution in [3.63, 3.8) is 0 Å². The summed E-state index contributed by atoms with van der Waals surface area (Å²) in [6.45, 7) is 1.55. The van der Waals surface area contributed by atoms with E-state index in [2.05, 4.69) is 84.2 Å². The lowest BCUT2D eigenvalue weighted by molar-refractivity contribution is -0.0887. The van der Waals surface area contributed by atoms with Crippen LogP contribution in [0.4, 0.5) is 0 Å². The number of benzene rings is 4. The molecule has 7 rings (SSSR count). The molecule has 39 heavy (non-hydrogen) atoms. The Balaban J connectivity index is 0.909. The summed E-state index contributed by atoms with van der Waals surface area (Å²) >= 11 is 0. The zero-order chi connectivity index (χ0) is 26.0. The predicted octanol–water partition coefficient (Wildman–Crippen LogP) is 6.35. The third kappa shape index (κ3) is 5.40. The standard InChI is InChI=1S/C34H35NO4/c1-2-7-28-18-26(12-14-27(28)6-1)21-37-34-30-16-15-29(35-30)33(34)36-20-25-10-8-23(9-11-25)4-3-5-24-13-17-31-32(19-24)39-22-38-31/h1-2,6-14,17-19,29-30,33-35H,3-5,15-16,20-22H2/t29-,30+,33-,34+/m1/s1. The number of ether oxygens (including phenoxy) is 4. The molecule has 0 amide bonds. The van der Waals surface area contributed by atoms with Gasteiger partial charge in [-0.25, -0.2) is 0 Å². The van der Waals surface area contributed by atoms with Gasteiger partial charge in [0.15, 0.2) is 11.5 Å². The number of aryl methyl sites for hydroxylation is 2. The quantitative estimate of drug-likeness (QED) is 0.264. The van der Waals surface area contributed by atoms with E-state index in [0.717, 1.165) is 43.6 Å². The Morgan fingerprint density at radius 1 is 0.615 bits per heavy atom. The van der Waals surface area contributed by atoms with Crippen LogP contribution in [0.1, 0.15) is 41.5 Å². The number of hydrogen-bond donors (Lipinski definition) is 1. The van der Waals surface area contributed by atoms with Gasteiger partial charge in [0.05, 0.1) is 13.2 Å². The number of fused-ring (bicyclic) bond motifs is 4. The van der Waals surface area contributed by atoms with Crippen molar-refractivity contribution in [3.05, 3.63) is 107 Å². The second kappa shape index (κ2) is 11.0. The fraction of sp³-hybridized carbons (Fsp3) is 0.353. The maximum Gasteiger partial charge on any atom is 0.231 e. The summed E-state index contributed by atoms with van der Waals surface area (Å²) in [5.74, 6) is 1.71. The van der Waals surface area contributed by atoms with Crippen LogP contribution in [-0.2, 0) is 35.5 Å². The molecule has 3 heterocycles. The highest BCUT2D eigenvalue weighted by Gasteiger charge is 2.48. The number of nitrogens with one attached hydrogen (secondary N) is 1. The molecule has 5 nitrogen and oxygen atoms in total. The van der Waals surface area contributed by atoms with Gasteiger partial charge in [0, 0.05) is 12.1 Å². The molecule has 0 radical (unpaired) electrons. The maximum absolute atomic E-state index is 6.50. The lowest BCUT2D eigenvalue weighted by atomic mass is 9.94. The molecular formula is C34H35NO4. The smallest absolute Gasteiger partial charge is 0.231 e. The molecule has 0 spiro atoms. The molecule has 1 N–H and O–H groups in total. The van der Waals surface area contributed by atoms with Gasteiger partial charge < -0.3 is 24.3 Å². The van der Waals surface area contributed by atoms with Crippen molar-refractivity contribution < 1.29 is 18.9 Å². The number of hydrogen-bond acceptors (Lipinski definition) is 5. The third-order valence-electron chi connectivity index (χ3n) is 8.42. The number of rotatable bonds is 10. The molecule has 2 fully saturated rings. The van der Waals surface area contributed by atoms with Gasteiger partial charge >= 0.3 is 0 Å². The lowest BCUT2D eigenvalue weighted by Gasteiger charge is -2.29. The van der Waals surface area contributed by atoms with E-state index < -0.39 is 0 Å². The van der Waals surface area contributed by atoms with Gasteiger partial charge in [0.1, 0.15) is 12.2 Å². The van der Waals surface area contributed by atoms with E-state index in [4.69, 9.17) is 18.9 Å². The van der Waals surface area contributed by atoms with E-state index in [1.165, 1.54) is 33.0 Å². The first kappa shape index (κ1) is 24.6. The Labute approximate surface area is 230 Å². The van der Waals surface area contributed by atoms with Crippen LogP contribution in [0.2, 0.25) is 0 Å². The maximum atomic E-state index is 6.50. The van der Waals surface area contributed by atoms with Crippen LogP contribution in [-0.4, -0.2) is 31.1 Å². The zero-order valence-corrected chi connectivity index (χ0v) is 22.2. The molecular weight excluding hydrogens is 486 g/mol. The van der Waals surface area contributed by atoms with E-state index in [-0.39, 0.29) is 12.2 Å². The highest BCUT2D eigenvalue weighted by Crippen LogP contribution is 2.35. The fourth-order valence-corrected chi connectivity index (χ4v) is 6.31. The SMILES string of the molecule is c1ccc2cc(CO[C@@H]3[C@H](OCc4ccc(CCCc5ccc6c(c5)OCO6)cc4)[C@H]4CC[C@@H]3N4)ccc2c1. The van der Waals surface area contributed by atoms with Crippen LogP contribution in [0.3, 0.4) is 0 Å².